The normalized spacial score (nSPS) is 15.1. The van der Waals surface area contributed by atoms with E-state index in [2.05, 4.69) is 5.16 Å². The SMILES string of the molecule is ON=C1CCCCC1.Oc1ccccc1. The number of para-hydroxylation sites is 1. The van der Waals surface area contributed by atoms with Gasteiger partial charge in [-0.3, -0.25) is 0 Å². The number of nitrogens with zero attached hydrogens (tertiary/aromatic N) is 1. The van der Waals surface area contributed by atoms with Gasteiger partial charge in [0, 0.05) is 0 Å². The average Bonchev–Trinajstić information content (AvgIpc) is 2.32. The molecule has 0 aliphatic heterocycles. The first-order valence-corrected chi connectivity index (χ1v) is 5.27. The molecule has 82 valence electrons. The van der Waals surface area contributed by atoms with Gasteiger partial charge in [0.2, 0.25) is 0 Å². The van der Waals surface area contributed by atoms with Crippen LogP contribution in [0.4, 0.5) is 0 Å². The number of hydrogen-bond donors (Lipinski definition) is 2. The number of hydrogen-bond acceptors (Lipinski definition) is 3. The zero-order chi connectivity index (χ0) is 10.9. The summed E-state index contributed by atoms with van der Waals surface area (Å²) in [5, 5.41) is 20.1. The summed E-state index contributed by atoms with van der Waals surface area (Å²) in [5.41, 5.74) is 0.983. The lowest BCUT2D eigenvalue weighted by atomic mass is 9.99. The second-order valence-electron chi connectivity index (χ2n) is 3.56. The van der Waals surface area contributed by atoms with E-state index in [1.165, 1.54) is 19.3 Å². The van der Waals surface area contributed by atoms with Crippen molar-refractivity contribution in [3.63, 3.8) is 0 Å². The molecule has 1 saturated carbocycles. The highest BCUT2D eigenvalue weighted by Crippen LogP contribution is 2.13. The maximum absolute atomic E-state index is 8.63. The molecule has 0 amide bonds. The van der Waals surface area contributed by atoms with Crippen LogP contribution in [-0.2, 0) is 0 Å². The van der Waals surface area contributed by atoms with Crippen LogP contribution in [0.25, 0.3) is 0 Å². The molecule has 0 bridgehead atoms. The second-order valence-corrected chi connectivity index (χ2v) is 3.56. The van der Waals surface area contributed by atoms with Gasteiger partial charge in [-0.05, 0) is 37.8 Å². The van der Waals surface area contributed by atoms with Gasteiger partial charge in [-0.15, -0.1) is 0 Å². The summed E-state index contributed by atoms with van der Waals surface area (Å²) in [7, 11) is 0. The smallest absolute Gasteiger partial charge is 0.115 e. The number of aromatic hydroxyl groups is 1. The number of phenols is 1. The molecule has 0 atom stereocenters. The van der Waals surface area contributed by atoms with Crippen LogP contribution in [0.15, 0.2) is 35.5 Å². The molecular formula is C12H17NO2. The molecule has 2 N–H and O–H groups in total. The molecule has 0 aromatic heterocycles. The fourth-order valence-electron chi connectivity index (χ4n) is 1.49. The van der Waals surface area contributed by atoms with Crippen molar-refractivity contribution in [1.82, 2.24) is 0 Å². The van der Waals surface area contributed by atoms with Crippen molar-refractivity contribution in [2.24, 2.45) is 5.16 Å². The fraction of sp³-hybridized carbons (Fsp3) is 0.417. The average molecular weight is 207 g/mol. The van der Waals surface area contributed by atoms with Crippen LogP contribution in [0.2, 0.25) is 0 Å². The van der Waals surface area contributed by atoms with Crippen LogP contribution >= 0.6 is 0 Å². The lowest BCUT2D eigenvalue weighted by molar-refractivity contribution is 0.314. The van der Waals surface area contributed by atoms with Crippen molar-refractivity contribution in [2.45, 2.75) is 32.1 Å². The van der Waals surface area contributed by atoms with Crippen molar-refractivity contribution in [2.75, 3.05) is 0 Å². The quantitative estimate of drug-likeness (QED) is 0.507. The van der Waals surface area contributed by atoms with Gasteiger partial charge >= 0.3 is 0 Å². The van der Waals surface area contributed by atoms with Gasteiger partial charge in [-0.25, -0.2) is 0 Å². The molecule has 1 aliphatic carbocycles. The fourth-order valence-corrected chi connectivity index (χ4v) is 1.49. The van der Waals surface area contributed by atoms with Crippen LogP contribution < -0.4 is 0 Å². The molecule has 1 aromatic rings. The first-order valence-electron chi connectivity index (χ1n) is 5.27. The zero-order valence-electron chi connectivity index (χ0n) is 8.76. The van der Waals surface area contributed by atoms with Crippen LogP contribution in [0.5, 0.6) is 5.75 Å². The monoisotopic (exact) mass is 207 g/mol. The minimum atomic E-state index is 0.322. The Morgan fingerprint density at radius 2 is 1.53 bits per heavy atom. The maximum Gasteiger partial charge on any atom is 0.115 e. The Balaban J connectivity index is 0.000000151. The van der Waals surface area contributed by atoms with E-state index in [1.54, 1.807) is 24.3 Å². The summed E-state index contributed by atoms with van der Waals surface area (Å²) in [6.07, 6.45) is 5.74. The Labute approximate surface area is 90.1 Å². The zero-order valence-corrected chi connectivity index (χ0v) is 8.76. The van der Waals surface area contributed by atoms with E-state index in [1.807, 2.05) is 6.07 Å². The number of phenolic OH excluding ortho intramolecular Hbond substituents is 1. The molecule has 2 rings (SSSR count). The van der Waals surface area contributed by atoms with E-state index in [9.17, 15) is 0 Å². The highest BCUT2D eigenvalue weighted by molar-refractivity contribution is 5.84. The van der Waals surface area contributed by atoms with Crippen molar-refractivity contribution in [1.29, 1.82) is 0 Å². The van der Waals surface area contributed by atoms with E-state index >= 15 is 0 Å². The van der Waals surface area contributed by atoms with Crippen LogP contribution in [0.3, 0.4) is 0 Å². The van der Waals surface area contributed by atoms with Crippen LogP contribution in [-0.4, -0.2) is 16.0 Å². The van der Waals surface area contributed by atoms with Gasteiger partial charge in [-0.1, -0.05) is 29.8 Å². The van der Waals surface area contributed by atoms with Gasteiger partial charge in [-0.2, -0.15) is 0 Å². The van der Waals surface area contributed by atoms with Crippen molar-refractivity contribution < 1.29 is 10.3 Å². The molecule has 1 fully saturated rings. The lowest BCUT2D eigenvalue weighted by Crippen LogP contribution is -2.03. The Bertz CT molecular complexity index is 288. The molecule has 0 spiro atoms. The highest BCUT2D eigenvalue weighted by atomic mass is 16.4. The van der Waals surface area contributed by atoms with E-state index in [4.69, 9.17) is 10.3 Å². The molecule has 0 unspecified atom stereocenters. The highest BCUT2D eigenvalue weighted by Gasteiger charge is 2.05. The summed E-state index contributed by atoms with van der Waals surface area (Å²) in [6.45, 7) is 0. The summed E-state index contributed by atoms with van der Waals surface area (Å²) in [6, 6.07) is 8.71. The summed E-state index contributed by atoms with van der Waals surface area (Å²) in [4.78, 5) is 0. The summed E-state index contributed by atoms with van der Waals surface area (Å²) < 4.78 is 0. The number of benzene rings is 1. The Kier molecular flexibility index (Phi) is 5.30. The first kappa shape index (κ1) is 11.6. The van der Waals surface area contributed by atoms with E-state index < -0.39 is 0 Å². The minimum Gasteiger partial charge on any atom is -0.508 e. The molecule has 15 heavy (non-hydrogen) atoms. The molecule has 3 heteroatoms. The summed E-state index contributed by atoms with van der Waals surface area (Å²) in [5.74, 6) is 0.322. The van der Waals surface area contributed by atoms with Gasteiger partial charge in [0.1, 0.15) is 5.75 Å². The Morgan fingerprint density at radius 1 is 0.933 bits per heavy atom. The predicted molar refractivity (Wildman–Crippen MR) is 60.4 cm³/mol. The third-order valence-electron chi connectivity index (χ3n) is 2.33. The molecule has 1 aliphatic rings. The van der Waals surface area contributed by atoms with Crippen LogP contribution in [0, 0.1) is 0 Å². The van der Waals surface area contributed by atoms with Crippen LogP contribution in [0.1, 0.15) is 32.1 Å². The van der Waals surface area contributed by atoms with Crippen molar-refractivity contribution >= 4 is 5.71 Å². The van der Waals surface area contributed by atoms with Gasteiger partial charge in [0.05, 0.1) is 5.71 Å². The second kappa shape index (κ2) is 6.87. The lowest BCUT2D eigenvalue weighted by Gasteiger charge is -2.08. The molecule has 0 saturated heterocycles. The van der Waals surface area contributed by atoms with E-state index in [0.29, 0.717) is 5.75 Å². The first-order chi connectivity index (χ1) is 7.33. The van der Waals surface area contributed by atoms with Gasteiger partial charge < -0.3 is 10.3 Å². The maximum atomic E-state index is 8.63. The molecule has 1 aromatic carbocycles. The topological polar surface area (TPSA) is 52.8 Å². The van der Waals surface area contributed by atoms with E-state index in [0.717, 1.165) is 18.6 Å². The standard InChI is InChI=1S/C6H11NO.C6H6O/c8-7-6-4-2-1-3-5-6;7-6-4-2-1-3-5-6/h8H,1-5H2;1-5,7H. The van der Waals surface area contributed by atoms with Crippen molar-refractivity contribution in [3.05, 3.63) is 30.3 Å². The largest absolute Gasteiger partial charge is 0.508 e. The third kappa shape index (κ3) is 5.05. The van der Waals surface area contributed by atoms with Gasteiger partial charge in [0.25, 0.3) is 0 Å². The summed E-state index contributed by atoms with van der Waals surface area (Å²) >= 11 is 0. The third-order valence-corrected chi connectivity index (χ3v) is 2.33. The molecule has 3 nitrogen and oxygen atoms in total. The van der Waals surface area contributed by atoms with E-state index in [-0.39, 0.29) is 0 Å². The molecule has 0 radical (unpaired) electrons. The Hall–Kier alpha value is -1.51. The molecular weight excluding hydrogens is 190 g/mol. The number of oxime groups is 1. The number of rotatable bonds is 0. The van der Waals surface area contributed by atoms with Crippen molar-refractivity contribution in [3.8, 4) is 5.75 Å². The molecule has 0 heterocycles. The minimum absolute atomic E-state index is 0.322. The Morgan fingerprint density at radius 3 is 1.87 bits per heavy atom. The predicted octanol–water partition coefficient (Wildman–Crippen LogP) is 3.17. The van der Waals surface area contributed by atoms with Gasteiger partial charge in [0.15, 0.2) is 0 Å².